The van der Waals surface area contributed by atoms with E-state index in [1.165, 1.54) is 34.9 Å². The Hall–Kier alpha value is -2.29. The molecule has 0 saturated heterocycles. The van der Waals surface area contributed by atoms with Gasteiger partial charge in [0.05, 0.1) is 5.69 Å². The van der Waals surface area contributed by atoms with E-state index in [4.69, 9.17) is 0 Å². The minimum absolute atomic E-state index is 0.626. The minimum atomic E-state index is -1.26. The topological polar surface area (TPSA) is 27.8 Å². The Kier molecular flexibility index (Phi) is 4.26. The van der Waals surface area contributed by atoms with Gasteiger partial charge in [0.15, 0.2) is 0 Å². The molecule has 26 heavy (non-hydrogen) atoms. The molecule has 1 aliphatic rings. The third kappa shape index (κ3) is 3.23. The van der Waals surface area contributed by atoms with Gasteiger partial charge in [0, 0.05) is 24.1 Å². The number of hydrogen-bond acceptors (Lipinski definition) is 1. The molecule has 1 fully saturated rings. The Morgan fingerprint density at radius 3 is 2.50 bits per heavy atom. The van der Waals surface area contributed by atoms with Gasteiger partial charge in [0.2, 0.25) is 0 Å². The van der Waals surface area contributed by atoms with Crippen LogP contribution in [-0.2, 0) is 12.1 Å². The Bertz CT molecular complexity index is 896. The van der Waals surface area contributed by atoms with Gasteiger partial charge in [-0.25, -0.2) is 4.39 Å². The number of alkyl halides is 1. The molecule has 1 aromatic heterocycles. The quantitative estimate of drug-likeness (QED) is 0.567. The summed E-state index contributed by atoms with van der Waals surface area (Å²) < 4.78 is 14.0. The van der Waals surface area contributed by atoms with Crippen LogP contribution in [0.4, 0.5) is 10.1 Å². The fraction of sp³-hybridized carbons (Fsp3) is 0.391. The van der Waals surface area contributed by atoms with Gasteiger partial charge in [-0.2, -0.15) is 0 Å². The smallest absolute Gasteiger partial charge is 0.130 e. The number of benzene rings is 2. The van der Waals surface area contributed by atoms with Crippen molar-refractivity contribution in [1.29, 1.82) is 0 Å². The van der Waals surface area contributed by atoms with Gasteiger partial charge in [-0.1, -0.05) is 30.3 Å². The lowest BCUT2D eigenvalue weighted by Gasteiger charge is -2.36. The molecule has 1 heterocycles. The zero-order valence-electron chi connectivity index (χ0n) is 15.8. The number of hydrogen-bond donors (Lipinski definition) is 2. The highest BCUT2D eigenvalue weighted by Crippen LogP contribution is 2.43. The van der Waals surface area contributed by atoms with Crippen LogP contribution in [0.5, 0.6) is 0 Å². The first-order valence-electron chi connectivity index (χ1n) is 9.51. The highest BCUT2D eigenvalue weighted by atomic mass is 19.1. The van der Waals surface area contributed by atoms with E-state index in [1.54, 1.807) is 13.8 Å². The molecule has 136 valence electrons. The molecule has 0 unspecified atom stereocenters. The Morgan fingerprint density at radius 1 is 1.12 bits per heavy atom. The van der Waals surface area contributed by atoms with Crippen molar-refractivity contribution >= 4 is 16.6 Å². The van der Waals surface area contributed by atoms with Crippen molar-refractivity contribution in [2.75, 3.05) is 12.4 Å². The summed E-state index contributed by atoms with van der Waals surface area (Å²) in [5.74, 6) is 1.37. The molecular formula is C23H27FN2. The van der Waals surface area contributed by atoms with Crippen molar-refractivity contribution in [1.82, 2.24) is 4.98 Å². The average Bonchev–Trinajstić information content (AvgIpc) is 2.99. The lowest BCUT2D eigenvalue weighted by Crippen LogP contribution is -2.23. The summed E-state index contributed by atoms with van der Waals surface area (Å²) in [5, 5.41) is 4.51. The maximum atomic E-state index is 14.0. The molecule has 3 heteroatoms. The van der Waals surface area contributed by atoms with Gasteiger partial charge in [-0.3, -0.25) is 0 Å². The van der Waals surface area contributed by atoms with Gasteiger partial charge in [-0.05, 0) is 73.8 Å². The van der Waals surface area contributed by atoms with E-state index in [-0.39, 0.29) is 0 Å². The summed E-state index contributed by atoms with van der Waals surface area (Å²) >= 11 is 0. The van der Waals surface area contributed by atoms with Crippen molar-refractivity contribution in [3.05, 3.63) is 65.4 Å². The average molecular weight is 350 g/mol. The number of fused-ring (bicyclic) bond motifs is 1. The zero-order chi connectivity index (χ0) is 18.3. The molecule has 1 aliphatic carbocycles. The summed E-state index contributed by atoms with van der Waals surface area (Å²) in [6.45, 7) is 3.23. The van der Waals surface area contributed by atoms with E-state index in [2.05, 4.69) is 40.6 Å². The molecule has 2 nitrogen and oxygen atoms in total. The van der Waals surface area contributed by atoms with Gasteiger partial charge in [0.1, 0.15) is 5.67 Å². The first-order valence-corrected chi connectivity index (χ1v) is 9.51. The van der Waals surface area contributed by atoms with Crippen molar-refractivity contribution in [2.45, 2.75) is 44.7 Å². The number of nitrogens with one attached hydrogen (secondary N) is 2. The Balaban J connectivity index is 1.39. The summed E-state index contributed by atoms with van der Waals surface area (Å²) in [4.78, 5) is 3.30. The van der Waals surface area contributed by atoms with Crippen LogP contribution >= 0.6 is 0 Å². The normalized spacial score (nSPS) is 20.2. The van der Waals surface area contributed by atoms with Gasteiger partial charge in [-0.15, -0.1) is 0 Å². The van der Waals surface area contributed by atoms with Crippen LogP contribution in [0, 0.1) is 5.92 Å². The number of anilines is 1. The molecule has 2 N–H and O–H groups in total. The van der Waals surface area contributed by atoms with Crippen LogP contribution in [0.3, 0.4) is 0 Å². The second kappa shape index (κ2) is 6.46. The van der Waals surface area contributed by atoms with E-state index in [9.17, 15) is 4.39 Å². The molecular weight excluding hydrogens is 323 g/mol. The predicted molar refractivity (Wildman–Crippen MR) is 108 cm³/mol. The van der Waals surface area contributed by atoms with Crippen LogP contribution in [-0.4, -0.2) is 12.0 Å². The monoisotopic (exact) mass is 350 g/mol. The molecule has 0 radical (unpaired) electrons. The number of aromatic nitrogens is 1. The summed E-state index contributed by atoms with van der Waals surface area (Å²) in [6.07, 6.45) is 5.61. The van der Waals surface area contributed by atoms with E-state index < -0.39 is 5.67 Å². The highest BCUT2D eigenvalue weighted by molar-refractivity contribution is 5.92. The summed E-state index contributed by atoms with van der Waals surface area (Å²) in [6, 6.07) is 14.8. The molecule has 0 atom stereocenters. The number of H-pyrrole nitrogens is 1. The van der Waals surface area contributed by atoms with Crippen molar-refractivity contribution in [3.8, 4) is 0 Å². The fourth-order valence-electron chi connectivity index (χ4n) is 4.16. The van der Waals surface area contributed by atoms with E-state index in [1.807, 2.05) is 25.4 Å². The van der Waals surface area contributed by atoms with E-state index in [0.29, 0.717) is 5.92 Å². The molecule has 1 saturated carbocycles. The number of rotatable bonds is 5. The third-order valence-corrected chi connectivity index (χ3v) is 5.84. The maximum absolute atomic E-state index is 14.0. The summed E-state index contributed by atoms with van der Waals surface area (Å²) in [5.41, 5.74) is 4.60. The molecule has 0 bridgehead atoms. The van der Waals surface area contributed by atoms with Gasteiger partial charge < -0.3 is 10.3 Å². The summed E-state index contributed by atoms with van der Waals surface area (Å²) in [7, 11) is 1.96. The molecule has 2 aromatic carbocycles. The lowest BCUT2D eigenvalue weighted by atomic mass is 9.69. The minimum Gasteiger partial charge on any atom is -0.386 e. The second-order valence-corrected chi connectivity index (χ2v) is 8.17. The zero-order valence-corrected chi connectivity index (χ0v) is 15.8. The standard InChI is InChI=1S/C23H27FN2/c1-23(2,24)19-7-5-17(6-8-19)18-11-16(12-18)10-15-4-9-21-20(13-15)22(25-3)14-26-21/h4-9,13-14,16,18,25-26H,10-12H2,1-3H3. The van der Waals surface area contributed by atoms with Crippen molar-refractivity contribution in [2.24, 2.45) is 5.92 Å². The van der Waals surface area contributed by atoms with Crippen LogP contribution < -0.4 is 5.32 Å². The fourth-order valence-corrected chi connectivity index (χ4v) is 4.16. The second-order valence-electron chi connectivity index (χ2n) is 8.17. The predicted octanol–water partition coefficient (Wildman–Crippen LogP) is 6.15. The van der Waals surface area contributed by atoms with E-state index >= 15 is 0 Å². The molecule has 4 rings (SSSR count). The largest absolute Gasteiger partial charge is 0.386 e. The molecule has 0 amide bonds. The maximum Gasteiger partial charge on any atom is 0.130 e. The highest BCUT2D eigenvalue weighted by Gasteiger charge is 2.30. The first-order chi connectivity index (χ1) is 12.4. The van der Waals surface area contributed by atoms with Crippen LogP contribution in [0.2, 0.25) is 0 Å². The molecule has 0 spiro atoms. The SMILES string of the molecule is CNc1c[nH]c2ccc(CC3CC(c4ccc(C(C)(C)F)cc4)C3)cc12. The first kappa shape index (κ1) is 17.1. The van der Waals surface area contributed by atoms with Crippen LogP contribution in [0.15, 0.2) is 48.7 Å². The molecule has 3 aromatic rings. The van der Waals surface area contributed by atoms with Crippen LogP contribution in [0.25, 0.3) is 10.9 Å². The molecule has 0 aliphatic heterocycles. The number of aromatic amines is 1. The van der Waals surface area contributed by atoms with Crippen molar-refractivity contribution < 1.29 is 4.39 Å². The van der Waals surface area contributed by atoms with E-state index in [0.717, 1.165) is 23.6 Å². The Labute approximate surface area is 154 Å². The Morgan fingerprint density at radius 2 is 1.85 bits per heavy atom. The van der Waals surface area contributed by atoms with Crippen LogP contribution in [0.1, 0.15) is 49.3 Å². The third-order valence-electron chi connectivity index (χ3n) is 5.84. The lowest BCUT2D eigenvalue weighted by molar-refractivity contribution is 0.221. The number of halogens is 1. The van der Waals surface area contributed by atoms with Gasteiger partial charge in [0.25, 0.3) is 0 Å². The van der Waals surface area contributed by atoms with Crippen molar-refractivity contribution in [3.63, 3.8) is 0 Å². The van der Waals surface area contributed by atoms with Gasteiger partial charge >= 0.3 is 0 Å².